The molecule has 2 nitrogen and oxygen atoms in total. The Labute approximate surface area is 148 Å². The second kappa shape index (κ2) is 6.76. The van der Waals surface area contributed by atoms with Crippen LogP contribution in [0.15, 0.2) is 84.9 Å². The molecule has 3 aromatic rings. The summed E-state index contributed by atoms with van der Waals surface area (Å²) in [4.78, 5) is 0. The van der Waals surface area contributed by atoms with Gasteiger partial charge in [0.2, 0.25) is 0 Å². The molecule has 2 heteroatoms. The van der Waals surface area contributed by atoms with Crippen molar-refractivity contribution in [1.82, 2.24) is 5.32 Å². The quantitative estimate of drug-likeness (QED) is 0.737. The molecule has 4 rings (SSSR count). The number of benzene rings is 3. The first-order valence-corrected chi connectivity index (χ1v) is 8.44. The Hall–Kier alpha value is -3.15. The molecule has 0 saturated heterocycles. The average Bonchev–Trinajstić information content (AvgIpc) is 3.00. The SMILES string of the molecule is N#C[C@@H](/C=C\c1ccccc1)NC1c2ccccc2-c2ccccc21. The lowest BCUT2D eigenvalue weighted by Gasteiger charge is -2.18. The van der Waals surface area contributed by atoms with Crippen LogP contribution < -0.4 is 5.32 Å². The maximum absolute atomic E-state index is 9.60. The monoisotopic (exact) mass is 322 g/mol. The lowest BCUT2D eigenvalue weighted by molar-refractivity contribution is 0.610. The van der Waals surface area contributed by atoms with E-state index in [4.69, 9.17) is 0 Å². The summed E-state index contributed by atoms with van der Waals surface area (Å²) in [5.74, 6) is 0. The normalized spacial score (nSPS) is 14.0. The van der Waals surface area contributed by atoms with Crippen molar-refractivity contribution in [1.29, 1.82) is 5.26 Å². The Balaban J connectivity index is 1.63. The fraction of sp³-hybridized carbons (Fsp3) is 0.0870. The van der Waals surface area contributed by atoms with E-state index in [1.54, 1.807) is 0 Å². The first kappa shape index (κ1) is 15.4. The minimum atomic E-state index is -0.357. The molecule has 0 fully saturated rings. The van der Waals surface area contributed by atoms with Crippen LogP contribution in [0.3, 0.4) is 0 Å². The largest absolute Gasteiger partial charge is 0.288 e. The Morgan fingerprint density at radius 1 is 0.800 bits per heavy atom. The minimum absolute atomic E-state index is 0.0393. The highest BCUT2D eigenvalue weighted by atomic mass is 15.0. The molecule has 0 saturated carbocycles. The third-order valence-corrected chi connectivity index (χ3v) is 4.60. The zero-order valence-corrected chi connectivity index (χ0v) is 13.8. The first-order valence-electron chi connectivity index (χ1n) is 8.44. The van der Waals surface area contributed by atoms with Crippen molar-refractivity contribution in [3.05, 3.63) is 102 Å². The number of hydrogen-bond acceptors (Lipinski definition) is 2. The first-order chi connectivity index (χ1) is 12.4. The Bertz CT molecular complexity index is 906. The third-order valence-electron chi connectivity index (χ3n) is 4.60. The van der Waals surface area contributed by atoms with Crippen molar-refractivity contribution in [3.63, 3.8) is 0 Å². The van der Waals surface area contributed by atoms with Gasteiger partial charge in [-0.05, 0) is 27.8 Å². The highest BCUT2D eigenvalue weighted by Gasteiger charge is 2.28. The lowest BCUT2D eigenvalue weighted by Crippen LogP contribution is -2.29. The molecular formula is C23H18N2. The molecule has 0 aliphatic heterocycles. The van der Waals surface area contributed by atoms with Crippen LogP contribution in [-0.4, -0.2) is 6.04 Å². The zero-order valence-electron chi connectivity index (χ0n) is 13.8. The van der Waals surface area contributed by atoms with Gasteiger partial charge in [0.05, 0.1) is 12.1 Å². The molecule has 3 aromatic carbocycles. The standard InChI is InChI=1S/C23H18N2/c24-16-18(15-14-17-8-2-1-3-9-17)25-23-21-12-6-4-10-19(21)20-11-5-7-13-22(20)23/h1-15,18,23,25H/b15-14-/t18-/m1/s1. The van der Waals surface area contributed by atoms with Gasteiger partial charge in [0.15, 0.2) is 0 Å². The second-order valence-electron chi connectivity index (χ2n) is 6.15. The summed E-state index contributed by atoms with van der Waals surface area (Å²) in [7, 11) is 0. The molecule has 0 heterocycles. The van der Waals surface area contributed by atoms with Crippen LogP contribution in [0.4, 0.5) is 0 Å². The number of nitrogens with one attached hydrogen (secondary N) is 1. The molecule has 1 aliphatic rings. The number of nitriles is 1. The van der Waals surface area contributed by atoms with Gasteiger partial charge in [-0.2, -0.15) is 5.26 Å². The maximum atomic E-state index is 9.60. The Morgan fingerprint density at radius 2 is 1.36 bits per heavy atom. The lowest BCUT2D eigenvalue weighted by atomic mass is 10.0. The van der Waals surface area contributed by atoms with Gasteiger partial charge in [0.25, 0.3) is 0 Å². The highest BCUT2D eigenvalue weighted by molar-refractivity contribution is 5.78. The smallest absolute Gasteiger partial charge is 0.115 e. The van der Waals surface area contributed by atoms with Crippen LogP contribution in [0, 0.1) is 11.3 Å². The summed E-state index contributed by atoms with van der Waals surface area (Å²) in [5, 5.41) is 13.1. The van der Waals surface area contributed by atoms with Gasteiger partial charge in [0.1, 0.15) is 6.04 Å². The maximum Gasteiger partial charge on any atom is 0.115 e. The summed E-state index contributed by atoms with van der Waals surface area (Å²) in [5.41, 5.74) is 6.06. The van der Waals surface area contributed by atoms with E-state index in [2.05, 4.69) is 59.9 Å². The van der Waals surface area contributed by atoms with E-state index in [9.17, 15) is 5.26 Å². The third kappa shape index (κ3) is 2.98. The molecule has 0 amide bonds. The second-order valence-corrected chi connectivity index (χ2v) is 6.15. The fourth-order valence-corrected chi connectivity index (χ4v) is 3.42. The van der Waals surface area contributed by atoms with E-state index in [1.165, 1.54) is 22.3 Å². The van der Waals surface area contributed by atoms with Crippen LogP contribution in [0.2, 0.25) is 0 Å². The summed E-state index contributed by atoms with van der Waals surface area (Å²) in [6.45, 7) is 0. The van der Waals surface area contributed by atoms with Crippen LogP contribution >= 0.6 is 0 Å². The van der Waals surface area contributed by atoms with Gasteiger partial charge in [-0.1, -0.05) is 91.0 Å². The molecule has 0 unspecified atom stereocenters. The molecule has 1 aliphatic carbocycles. The molecule has 0 aromatic heterocycles. The summed E-state index contributed by atoms with van der Waals surface area (Å²) >= 11 is 0. The highest BCUT2D eigenvalue weighted by Crippen LogP contribution is 2.43. The number of hydrogen-bond donors (Lipinski definition) is 1. The molecule has 0 bridgehead atoms. The van der Waals surface area contributed by atoms with Crippen molar-refractivity contribution in [2.75, 3.05) is 0 Å². The molecule has 1 N–H and O–H groups in total. The Kier molecular flexibility index (Phi) is 4.16. The molecular weight excluding hydrogens is 304 g/mol. The van der Waals surface area contributed by atoms with Crippen molar-refractivity contribution in [2.45, 2.75) is 12.1 Å². The van der Waals surface area contributed by atoms with Crippen LogP contribution in [0.1, 0.15) is 22.7 Å². The predicted octanol–water partition coefficient (Wildman–Crippen LogP) is 4.95. The average molecular weight is 322 g/mol. The zero-order chi connectivity index (χ0) is 17.1. The van der Waals surface area contributed by atoms with E-state index < -0.39 is 0 Å². The van der Waals surface area contributed by atoms with Crippen LogP contribution in [-0.2, 0) is 0 Å². The Morgan fingerprint density at radius 3 is 1.96 bits per heavy atom. The summed E-state index contributed by atoms with van der Waals surface area (Å²) in [6, 6.07) is 28.9. The van der Waals surface area contributed by atoms with E-state index >= 15 is 0 Å². The van der Waals surface area contributed by atoms with Gasteiger partial charge in [-0.25, -0.2) is 0 Å². The number of nitrogens with zero attached hydrogens (tertiary/aromatic N) is 1. The van der Waals surface area contributed by atoms with Gasteiger partial charge in [-0.3, -0.25) is 5.32 Å². The van der Waals surface area contributed by atoms with Gasteiger partial charge in [0, 0.05) is 0 Å². The molecule has 25 heavy (non-hydrogen) atoms. The van der Waals surface area contributed by atoms with E-state index in [1.807, 2.05) is 42.5 Å². The van der Waals surface area contributed by atoms with Crippen LogP contribution in [0.25, 0.3) is 17.2 Å². The minimum Gasteiger partial charge on any atom is -0.288 e. The topological polar surface area (TPSA) is 35.8 Å². The van der Waals surface area contributed by atoms with Crippen molar-refractivity contribution >= 4 is 6.08 Å². The number of fused-ring (bicyclic) bond motifs is 3. The summed E-state index contributed by atoms with van der Waals surface area (Å²) in [6.07, 6.45) is 3.92. The molecule has 120 valence electrons. The van der Waals surface area contributed by atoms with Gasteiger partial charge < -0.3 is 0 Å². The van der Waals surface area contributed by atoms with E-state index in [-0.39, 0.29) is 12.1 Å². The molecule has 0 spiro atoms. The van der Waals surface area contributed by atoms with Crippen molar-refractivity contribution < 1.29 is 0 Å². The van der Waals surface area contributed by atoms with Gasteiger partial charge in [-0.15, -0.1) is 0 Å². The molecule has 0 radical (unpaired) electrons. The predicted molar refractivity (Wildman–Crippen MR) is 102 cm³/mol. The van der Waals surface area contributed by atoms with E-state index in [0.717, 1.165) is 5.56 Å². The fourth-order valence-electron chi connectivity index (χ4n) is 3.42. The van der Waals surface area contributed by atoms with Gasteiger partial charge >= 0.3 is 0 Å². The molecule has 1 atom stereocenters. The van der Waals surface area contributed by atoms with Crippen molar-refractivity contribution in [3.8, 4) is 17.2 Å². The van der Waals surface area contributed by atoms with Crippen molar-refractivity contribution in [2.24, 2.45) is 0 Å². The van der Waals surface area contributed by atoms with E-state index in [0.29, 0.717) is 0 Å². The summed E-state index contributed by atoms with van der Waals surface area (Å²) < 4.78 is 0. The van der Waals surface area contributed by atoms with Crippen LogP contribution in [0.5, 0.6) is 0 Å². The number of rotatable bonds is 4.